The molecule has 4 rings (SSSR count). The molecule has 5 atom stereocenters. The van der Waals surface area contributed by atoms with Crippen molar-refractivity contribution in [3.63, 3.8) is 0 Å². The van der Waals surface area contributed by atoms with E-state index in [9.17, 15) is 24.0 Å². The van der Waals surface area contributed by atoms with Crippen LogP contribution in [0.5, 0.6) is 0 Å². The van der Waals surface area contributed by atoms with Gasteiger partial charge in [0.05, 0.1) is 6.04 Å². The van der Waals surface area contributed by atoms with Crippen molar-refractivity contribution in [2.24, 2.45) is 23.2 Å². The van der Waals surface area contributed by atoms with Gasteiger partial charge in [0.1, 0.15) is 12.1 Å². The summed E-state index contributed by atoms with van der Waals surface area (Å²) < 4.78 is 0. The molecule has 0 aromatic heterocycles. The second-order valence-corrected chi connectivity index (χ2v) is 13.1. The molecule has 0 aromatic carbocycles. The molecule has 3 unspecified atom stereocenters. The number of amides is 5. The van der Waals surface area contributed by atoms with Crippen molar-refractivity contribution in [3.05, 3.63) is 12.7 Å². The second kappa shape index (κ2) is 13.4. The molecule has 1 aliphatic heterocycles. The van der Waals surface area contributed by atoms with Crippen LogP contribution in [0.4, 0.5) is 4.79 Å². The number of rotatable bonds is 12. The van der Waals surface area contributed by atoms with E-state index in [2.05, 4.69) is 41.7 Å². The van der Waals surface area contributed by atoms with Crippen molar-refractivity contribution < 1.29 is 24.0 Å². The minimum Gasteiger partial charge on any atom is -0.346 e. The normalized spacial score (nSPS) is 26.8. The summed E-state index contributed by atoms with van der Waals surface area (Å²) in [7, 11) is 0. The van der Waals surface area contributed by atoms with Gasteiger partial charge in [-0.15, -0.1) is 6.58 Å². The van der Waals surface area contributed by atoms with E-state index in [1.807, 2.05) is 6.92 Å². The van der Waals surface area contributed by atoms with Crippen LogP contribution in [-0.2, 0) is 19.2 Å². The summed E-state index contributed by atoms with van der Waals surface area (Å²) in [5.41, 5.74) is -0.112. The average Bonchev–Trinajstić information content (AvgIpc) is 3.40. The molecule has 228 valence electrons. The molecule has 1 saturated heterocycles. The third-order valence-electron chi connectivity index (χ3n) is 9.97. The molecule has 10 heteroatoms. The molecule has 4 N–H and O–H groups in total. The first-order chi connectivity index (χ1) is 19.6. The largest absolute Gasteiger partial charge is 0.346 e. The molecule has 1 heterocycles. The Labute approximate surface area is 244 Å². The van der Waals surface area contributed by atoms with Crippen LogP contribution in [0.2, 0.25) is 0 Å². The molecular weight excluding hydrogens is 522 g/mol. The lowest BCUT2D eigenvalue weighted by molar-refractivity contribution is -0.144. The van der Waals surface area contributed by atoms with Gasteiger partial charge in [-0.3, -0.25) is 19.2 Å². The maximum absolute atomic E-state index is 14.2. The highest BCUT2D eigenvalue weighted by molar-refractivity contribution is 6.38. The van der Waals surface area contributed by atoms with Crippen molar-refractivity contribution in [1.29, 1.82) is 0 Å². The monoisotopic (exact) mass is 571 g/mol. The Bertz CT molecular complexity index is 1020. The van der Waals surface area contributed by atoms with Crippen LogP contribution in [0.3, 0.4) is 0 Å². The van der Waals surface area contributed by atoms with E-state index >= 15 is 0 Å². The predicted molar refractivity (Wildman–Crippen MR) is 156 cm³/mol. The second-order valence-electron chi connectivity index (χ2n) is 13.1. The molecule has 3 saturated carbocycles. The van der Waals surface area contributed by atoms with Gasteiger partial charge in [-0.05, 0) is 55.3 Å². The molecule has 3 aliphatic carbocycles. The molecule has 10 nitrogen and oxygen atoms in total. The first-order valence-electron chi connectivity index (χ1n) is 15.7. The van der Waals surface area contributed by atoms with Gasteiger partial charge in [-0.25, -0.2) is 4.79 Å². The number of hydrogen-bond acceptors (Lipinski definition) is 5. The number of ketones is 1. The van der Waals surface area contributed by atoms with E-state index in [1.54, 1.807) is 4.90 Å². The van der Waals surface area contributed by atoms with Gasteiger partial charge in [0, 0.05) is 19.1 Å². The van der Waals surface area contributed by atoms with Gasteiger partial charge in [0.15, 0.2) is 0 Å². The number of urea groups is 1. The van der Waals surface area contributed by atoms with Crippen molar-refractivity contribution in [2.75, 3.05) is 13.1 Å². The quantitative estimate of drug-likeness (QED) is 0.211. The van der Waals surface area contributed by atoms with Gasteiger partial charge in [0.25, 0.3) is 5.91 Å². The van der Waals surface area contributed by atoms with Crippen molar-refractivity contribution >= 4 is 29.5 Å². The van der Waals surface area contributed by atoms with Crippen molar-refractivity contribution in [1.82, 2.24) is 26.2 Å². The average molecular weight is 572 g/mol. The Morgan fingerprint density at radius 2 is 1.63 bits per heavy atom. The van der Waals surface area contributed by atoms with Crippen LogP contribution < -0.4 is 21.3 Å². The lowest BCUT2D eigenvalue weighted by Crippen LogP contribution is -2.60. The fraction of sp³-hybridized carbons (Fsp3) is 0.774. The Hall–Kier alpha value is -2.91. The molecule has 0 aromatic rings. The van der Waals surface area contributed by atoms with E-state index in [4.69, 9.17) is 0 Å². The van der Waals surface area contributed by atoms with Gasteiger partial charge < -0.3 is 26.2 Å². The molecular formula is C31H49N5O5. The number of likely N-dealkylation sites (tertiary alicyclic amines) is 1. The van der Waals surface area contributed by atoms with Gasteiger partial charge in [-0.1, -0.05) is 65.4 Å². The Morgan fingerprint density at radius 1 is 0.976 bits per heavy atom. The zero-order chi connectivity index (χ0) is 29.7. The van der Waals surface area contributed by atoms with Crippen LogP contribution in [-0.4, -0.2) is 71.7 Å². The predicted octanol–water partition coefficient (Wildman–Crippen LogP) is 2.82. The summed E-state index contributed by atoms with van der Waals surface area (Å²) in [6, 6.07) is -2.61. The Balaban J connectivity index is 1.50. The SMILES string of the molecule is C=CCNC(=O)C(=O)C(CCC)NC(=O)[C@@H]1C2C(CN1C(=O)[C@@H](NC(=O)NC1CCCCC1)C1CCCC1)C2(C)C. The number of hydrogen-bond donors (Lipinski definition) is 4. The summed E-state index contributed by atoms with van der Waals surface area (Å²) in [6.07, 6.45) is 11.4. The molecule has 5 amide bonds. The number of nitrogens with one attached hydrogen (secondary N) is 4. The molecule has 0 radical (unpaired) electrons. The van der Waals surface area contributed by atoms with E-state index in [0.29, 0.717) is 19.4 Å². The minimum atomic E-state index is -0.972. The molecule has 4 fully saturated rings. The highest BCUT2D eigenvalue weighted by atomic mass is 16.2. The van der Waals surface area contributed by atoms with Crippen LogP contribution >= 0.6 is 0 Å². The molecule has 0 bridgehead atoms. The van der Waals surface area contributed by atoms with Crippen LogP contribution in [0.1, 0.15) is 91.4 Å². The van der Waals surface area contributed by atoms with E-state index < -0.39 is 35.7 Å². The first kappa shape index (κ1) is 31.0. The summed E-state index contributed by atoms with van der Waals surface area (Å²) in [5.74, 6) is -1.94. The number of carbonyl (C=O) groups excluding carboxylic acids is 5. The smallest absolute Gasteiger partial charge is 0.315 e. The van der Waals surface area contributed by atoms with E-state index in [1.165, 1.54) is 12.5 Å². The van der Waals surface area contributed by atoms with Crippen LogP contribution in [0.25, 0.3) is 0 Å². The van der Waals surface area contributed by atoms with Gasteiger partial charge >= 0.3 is 6.03 Å². The maximum atomic E-state index is 14.2. The number of Topliss-reactive ketones (excluding diaryl/α,β-unsaturated/α-hetero) is 1. The number of carbonyl (C=O) groups is 5. The fourth-order valence-corrected chi connectivity index (χ4v) is 7.50. The standard InChI is InChI=1S/C31H49N5O5/c1-5-12-22(26(37)28(39)32-17-6-2)34-27(38)25-23-21(31(23,3)4)18-36(25)29(40)24(19-13-10-11-14-19)35-30(41)33-20-15-8-7-9-16-20/h6,19-25H,2,5,7-18H2,1,3-4H3,(H,32,39)(H,34,38)(H2,33,35,41)/t21?,22?,23?,24-,25-/m0/s1. The summed E-state index contributed by atoms with van der Waals surface area (Å²) >= 11 is 0. The van der Waals surface area contributed by atoms with Crippen LogP contribution in [0, 0.1) is 23.2 Å². The summed E-state index contributed by atoms with van der Waals surface area (Å²) in [6.45, 7) is 10.2. The zero-order valence-corrected chi connectivity index (χ0v) is 25.0. The highest BCUT2D eigenvalue weighted by Crippen LogP contribution is 2.65. The number of piperidine rings is 1. The first-order valence-corrected chi connectivity index (χ1v) is 15.7. The molecule has 41 heavy (non-hydrogen) atoms. The number of nitrogens with zero attached hydrogens (tertiary/aromatic N) is 1. The highest BCUT2D eigenvalue weighted by Gasteiger charge is 2.69. The van der Waals surface area contributed by atoms with Gasteiger partial charge in [0.2, 0.25) is 17.6 Å². The fourth-order valence-electron chi connectivity index (χ4n) is 7.50. The lowest BCUT2D eigenvalue weighted by atomic mass is 9.94. The topological polar surface area (TPSA) is 137 Å². The van der Waals surface area contributed by atoms with Crippen molar-refractivity contribution in [2.45, 2.75) is 116 Å². The number of fused-ring (bicyclic) bond motifs is 1. The van der Waals surface area contributed by atoms with Crippen molar-refractivity contribution in [3.8, 4) is 0 Å². The van der Waals surface area contributed by atoms with Gasteiger partial charge in [-0.2, -0.15) is 0 Å². The minimum absolute atomic E-state index is 0.0243. The summed E-state index contributed by atoms with van der Waals surface area (Å²) in [5, 5.41) is 11.4. The maximum Gasteiger partial charge on any atom is 0.315 e. The van der Waals surface area contributed by atoms with E-state index in [-0.39, 0.29) is 47.7 Å². The third kappa shape index (κ3) is 6.95. The molecule has 0 spiro atoms. The van der Waals surface area contributed by atoms with E-state index in [0.717, 1.165) is 51.4 Å². The Kier molecular flexibility index (Phi) is 10.1. The lowest BCUT2D eigenvalue weighted by Gasteiger charge is -2.35. The summed E-state index contributed by atoms with van der Waals surface area (Å²) in [4.78, 5) is 68.0. The third-order valence-corrected chi connectivity index (χ3v) is 9.97. The Morgan fingerprint density at radius 3 is 2.27 bits per heavy atom. The zero-order valence-electron chi connectivity index (χ0n) is 25.0. The molecule has 4 aliphatic rings. The van der Waals surface area contributed by atoms with Crippen LogP contribution in [0.15, 0.2) is 12.7 Å².